The molecule has 0 aliphatic carbocycles. The predicted octanol–water partition coefficient (Wildman–Crippen LogP) is 1.54. The molecular weight excluding hydrogens is 202 g/mol. The topological polar surface area (TPSA) is 53.9 Å². The van der Waals surface area contributed by atoms with Gasteiger partial charge in [0, 0.05) is 5.56 Å². The fraction of sp³-hybridized carbons (Fsp3) is 0.462. The van der Waals surface area contributed by atoms with E-state index in [0.29, 0.717) is 13.0 Å². The smallest absolute Gasteiger partial charge is 0.312 e. The molecule has 1 atom stereocenters. The molecule has 0 radical (unpaired) electrons. The molecule has 0 saturated carbocycles. The highest BCUT2D eigenvalue weighted by molar-refractivity contribution is 5.70. The molecule has 0 aromatic heterocycles. The minimum atomic E-state index is -0.177. The summed E-state index contributed by atoms with van der Waals surface area (Å²) >= 11 is 0. The quantitative estimate of drug-likeness (QED) is 0.786. The van der Waals surface area contributed by atoms with Crippen LogP contribution in [0.15, 0.2) is 18.2 Å². The molecule has 1 aromatic rings. The molecule has 3 nitrogen and oxygen atoms in total. The molecule has 0 unspecified atom stereocenters. The Hall–Kier alpha value is -1.35. The number of hydrogen-bond acceptors (Lipinski definition) is 2. The minimum absolute atomic E-state index is 0.0288. The lowest BCUT2D eigenvalue weighted by Gasteiger charge is -2.12. The van der Waals surface area contributed by atoms with Gasteiger partial charge in [0.05, 0.1) is 6.61 Å². The number of carbonyl (C=O) groups excluding carboxylic acids is 1. The zero-order valence-electron chi connectivity index (χ0n) is 10.2. The van der Waals surface area contributed by atoms with E-state index in [-0.39, 0.29) is 12.0 Å². The van der Waals surface area contributed by atoms with Crippen molar-refractivity contribution in [3.63, 3.8) is 0 Å². The summed E-state index contributed by atoms with van der Waals surface area (Å²) in [6, 6.07) is 6.06. The Labute approximate surface area is 96.6 Å². The molecule has 1 aromatic carbocycles. The van der Waals surface area contributed by atoms with Gasteiger partial charge in [-0.15, -0.1) is 0 Å². The SMILES string of the molecule is CCOC(=O)C[C@H]([NH3+])c1cccc(C)c1C. The van der Waals surface area contributed by atoms with Crippen LogP contribution in [0.5, 0.6) is 0 Å². The third kappa shape index (κ3) is 3.07. The van der Waals surface area contributed by atoms with E-state index in [2.05, 4.69) is 25.6 Å². The average Bonchev–Trinajstić information content (AvgIpc) is 2.22. The van der Waals surface area contributed by atoms with E-state index in [1.54, 1.807) is 0 Å². The number of aryl methyl sites for hydroxylation is 1. The predicted molar refractivity (Wildman–Crippen MR) is 62.8 cm³/mol. The summed E-state index contributed by atoms with van der Waals surface area (Å²) in [7, 11) is 0. The van der Waals surface area contributed by atoms with Crippen molar-refractivity contribution in [2.75, 3.05) is 6.61 Å². The third-order valence-electron chi connectivity index (χ3n) is 2.80. The number of carbonyl (C=O) groups is 1. The van der Waals surface area contributed by atoms with Crippen LogP contribution in [-0.2, 0) is 9.53 Å². The zero-order chi connectivity index (χ0) is 12.1. The van der Waals surface area contributed by atoms with Gasteiger partial charge in [-0.05, 0) is 31.9 Å². The normalized spacial score (nSPS) is 12.2. The second-order valence-electron chi connectivity index (χ2n) is 4.00. The van der Waals surface area contributed by atoms with Gasteiger partial charge in [-0.1, -0.05) is 18.2 Å². The zero-order valence-corrected chi connectivity index (χ0v) is 10.2. The van der Waals surface area contributed by atoms with Crippen LogP contribution in [0, 0.1) is 13.8 Å². The molecule has 16 heavy (non-hydrogen) atoms. The number of rotatable bonds is 4. The highest BCUT2D eigenvalue weighted by atomic mass is 16.5. The minimum Gasteiger partial charge on any atom is -0.466 e. The summed E-state index contributed by atoms with van der Waals surface area (Å²) in [6.45, 7) is 6.37. The summed E-state index contributed by atoms with van der Waals surface area (Å²) in [4.78, 5) is 11.4. The molecule has 0 heterocycles. The number of hydrogen-bond donors (Lipinski definition) is 1. The average molecular weight is 222 g/mol. The summed E-state index contributed by atoms with van der Waals surface area (Å²) in [5, 5.41) is 0. The Bertz CT molecular complexity index is 374. The van der Waals surface area contributed by atoms with Crippen LogP contribution in [0.1, 0.15) is 36.1 Å². The van der Waals surface area contributed by atoms with Gasteiger partial charge in [0.2, 0.25) is 0 Å². The van der Waals surface area contributed by atoms with Crippen molar-refractivity contribution in [2.45, 2.75) is 33.2 Å². The van der Waals surface area contributed by atoms with Gasteiger partial charge < -0.3 is 10.5 Å². The molecule has 0 spiro atoms. The maximum absolute atomic E-state index is 11.4. The first kappa shape index (κ1) is 12.7. The van der Waals surface area contributed by atoms with E-state index in [0.717, 1.165) is 5.56 Å². The van der Waals surface area contributed by atoms with Crippen LogP contribution in [0.25, 0.3) is 0 Å². The molecule has 1 rings (SSSR count). The first-order valence-electron chi connectivity index (χ1n) is 5.61. The lowest BCUT2D eigenvalue weighted by atomic mass is 9.96. The molecule has 3 N–H and O–H groups in total. The van der Waals surface area contributed by atoms with E-state index < -0.39 is 0 Å². The van der Waals surface area contributed by atoms with Crippen molar-refractivity contribution < 1.29 is 15.3 Å². The highest BCUT2D eigenvalue weighted by Gasteiger charge is 2.17. The molecular formula is C13H20NO2+. The van der Waals surface area contributed by atoms with Gasteiger partial charge in [-0.3, -0.25) is 4.79 Å². The van der Waals surface area contributed by atoms with E-state index in [4.69, 9.17) is 4.74 Å². The van der Waals surface area contributed by atoms with Crippen LogP contribution in [-0.4, -0.2) is 12.6 Å². The Balaban J connectivity index is 2.76. The Morgan fingerprint density at radius 3 is 2.75 bits per heavy atom. The highest BCUT2D eigenvalue weighted by Crippen LogP contribution is 2.20. The monoisotopic (exact) mass is 222 g/mol. The summed E-state index contributed by atoms with van der Waals surface area (Å²) in [5.74, 6) is -0.177. The summed E-state index contributed by atoms with van der Waals surface area (Å²) < 4.78 is 4.93. The van der Waals surface area contributed by atoms with Crippen LogP contribution in [0.2, 0.25) is 0 Å². The van der Waals surface area contributed by atoms with Crippen molar-refractivity contribution in [2.24, 2.45) is 0 Å². The van der Waals surface area contributed by atoms with Gasteiger partial charge in [0.1, 0.15) is 12.5 Å². The maximum Gasteiger partial charge on any atom is 0.312 e. The molecule has 0 aliphatic rings. The van der Waals surface area contributed by atoms with Gasteiger partial charge in [0.25, 0.3) is 0 Å². The van der Waals surface area contributed by atoms with Crippen molar-refractivity contribution in [3.8, 4) is 0 Å². The van der Waals surface area contributed by atoms with Crippen LogP contribution in [0.3, 0.4) is 0 Å². The van der Waals surface area contributed by atoms with Gasteiger partial charge >= 0.3 is 5.97 Å². The van der Waals surface area contributed by atoms with Crippen LogP contribution >= 0.6 is 0 Å². The molecule has 88 valence electrons. The Morgan fingerprint density at radius 2 is 2.12 bits per heavy atom. The third-order valence-corrected chi connectivity index (χ3v) is 2.80. The number of ether oxygens (including phenoxy) is 1. The van der Waals surface area contributed by atoms with Crippen molar-refractivity contribution in [1.29, 1.82) is 0 Å². The molecule has 0 fully saturated rings. The largest absolute Gasteiger partial charge is 0.466 e. The first-order valence-corrected chi connectivity index (χ1v) is 5.61. The standard InChI is InChI=1S/C13H19NO2/c1-4-16-13(15)8-12(14)11-7-5-6-9(2)10(11)3/h5-7,12H,4,8,14H2,1-3H3/p+1/t12-/m0/s1. The molecule has 0 amide bonds. The first-order chi connectivity index (χ1) is 7.56. The van der Waals surface area contributed by atoms with E-state index in [1.165, 1.54) is 11.1 Å². The lowest BCUT2D eigenvalue weighted by molar-refractivity contribution is -0.426. The van der Waals surface area contributed by atoms with Crippen molar-refractivity contribution in [3.05, 3.63) is 34.9 Å². The van der Waals surface area contributed by atoms with E-state index >= 15 is 0 Å². The van der Waals surface area contributed by atoms with Crippen molar-refractivity contribution >= 4 is 5.97 Å². The molecule has 0 saturated heterocycles. The van der Waals surface area contributed by atoms with Crippen LogP contribution < -0.4 is 5.73 Å². The van der Waals surface area contributed by atoms with E-state index in [1.807, 2.05) is 19.1 Å². The molecule has 3 heteroatoms. The summed E-state index contributed by atoms with van der Waals surface area (Å²) in [5.41, 5.74) is 7.61. The van der Waals surface area contributed by atoms with Gasteiger partial charge in [0.15, 0.2) is 0 Å². The number of benzene rings is 1. The lowest BCUT2D eigenvalue weighted by Crippen LogP contribution is -2.54. The van der Waals surface area contributed by atoms with Gasteiger partial charge in [-0.25, -0.2) is 0 Å². The summed E-state index contributed by atoms with van der Waals surface area (Å²) in [6.07, 6.45) is 0.345. The number of quaternary nitrogens is 1. The Morgan fingerprint density at radius 1 is 1.44 bits per heavy atom. The fourth-order valence-electron chi connectivity index (χ4n) is 1.75. The molecule has 0 bridgehead atoms. The fourth-order valence-corrected chi connectivity index (χ4v) is 1.75. The van der Waals surface area contributed by atoms with Crippen LogP contribution in [0.4, 0.5) is 0 Å². The number of esters is 1. The maximum atomic E-state index is 11.4. The Kier molecular flexibility index (Phi) is 4.50. The van der Waals surface area contributed by atoms with Gasteiger partial charge in [-0.2, -0.15) is 0 Å². The second kappa shape index (κ2) is 5.66. The van der Waals surface area contributed by atoms with Crippen molar-refractivity contribution in [1.82, 2.24) is 0 Å². The van der Waals surface area contributed by atoms with E-state index in [9.17, 15) is 4.79 Å². The molecule has 0 aliphatic heterocycles. The second-order valence-corrected chi connectivity index (χ2v) is 4.00.